The van der Waals surface area contributed by atoms with E-state index in [1.165, 1.54) is 0 Å². The lowest BCUT2D eigenvalue weighted by molar-refractivity contribution is 0.454. The monoisotopic (exact) mass is 212 g/mol. The standard InChI is InChI=1S/C12H18O.CH3F/c1-8(2)10-6-5-7-11(9(3)4)12(10)13;1-2/h5-9,13H,1-4H3;1H3. The van der Waals surface area contributed by atoms with Crippen LogP contribution in [0.1, 0.15) is 50.7 Å². The highest BCUT2D eigenvalue weighted by atomic mass is 19.1. The van der Waals surface area contributed by atoms with Crippen LogP contribution in [0.3, 0.4) is 0 Å². The lowest BCUT2D eigenvalue weighted by Crippen LogP contribution is -1.94. The first-order chi connectivity index (χ1) is 7.04. The van der Waals surface area contributed by atoms with Gasteiger partial charge in [-0.15, -0.1) is 0 Å². The maximum absolute atomic E-state index is 9.93. The molecule has 1 aromatic carbocycles. The quantitative estimate of drug-likeness (QED) is 0.778. The van der Waals surface area contributed by atoms with Gasteiger partial charge in [-0.1, -0.05) is 45.9 Å². The van der Waals surface area contributed by atoms with Crippen LogP contribution in [-0.2, 0) is 0 Å². The Labute approximate surface area is 92.0 Å². The molecule has 0 heterocycles. The van der Waals surface area contributed by atoms with E-state index in [4.69, 9.17) is 0 Å². The second kappa shape index (κ2) is 6.44. The lowest BCUT2D eigenvalue weighted by Gasteiger charge is -2.14. The first kappa shape index (κ1) is 13.9. The highest BCUT2D eigenvalue weighted by molar-refractivity contribution is 5.43. The van der Waals surface area contributed by atoms with E-state index in [-0.39, 0.29) is 0 Å². The van der Waals surface area contributed by atoms with Crippen molar-refractivity contribution < 1.29 is 9.50 Å². The Hall–Kier alpha value is -1.05. The average molecular weight is 212 g/mol. The third-order valence-corrected chi connectivity index (χ3v) is 2.34. The number of hydrogen-bond donors (Lipinski definition) is 1. The third-order valence-electron chi connectivity index (χ3n) is 2.34. The summed E-state index contributed by atoms with van der Waals surface area (Å²) in [5.74, 6) is 1.25. The summed E-state index contributed by atoms with van der Waals surface area (Å²) in [6, 6.07) is 6.00. The number of phenols is 1. The van der Waals surface area contributed by atoms with E-state index in [1.54, 1.807) is 0 Å². The number of hydrogen-bond acceptors (Lipinski definition) is 1. The van der Waals surface area contributed by atoms with Gasteiger partial charge < -0.3 is 5.11 Å². The zero-order valence-electron chi connectivity index (χ0n) is 10.2. The predicted molar refractivity (Wildman–Crippen MR) is 63.3 cm³/mol. The number of benzene rings is 1. The minimum Gasteiger partial charge on any atom is -0.507 e. The molecule has 0 aliphatic rings. The summed E-state index contributed by atoms with van der Waals surface area (Å²) in [4.78, 5) is 0. The highest BCUT2D eigenvalue weighted by Crippen LogP contribution is 2.32. The van der Waals surface area contributed by atoms with Crippen LogP contribution < -0.4 is 0 Å². The first-order valence-electron chi connectivity index (χ1n) is 5.23. The van der Waals surface area contributed by atoms with Gasteiger partial charge in [-0.2, -0.15) is 0 Å². The van der Waals surface area contributed by atoms with Gasteiger partial charge in [0.1, 0.15) is 5.75 Å². The van der Waals surface area contributed by atoms with Crippen molar-refractivity contribution in [2.24, 2.45) is 0 Å². The molecule has 0 bridgehead atoms. The molecule has 0 radical (unpaired) electrons. The molecule has 1 N–H and O–H groups in total. The molecule has 0 saturated heterocycles. The van der Waals surface area contributed by atoms with Crippen LogP contribution in [0.4, 0.5) is 4.39 Å². The van der Waals surface area contributed by atoms with E-state index in [0.717, 1.165) is 11.1 Å². The average Bonchev–Trinajstić information content (AvgIpc) is 2.20. The molecule has 86 valence electrons. The molecule has 1 aromatic rings. The molecule has 0 amide bonds. The van der Waals surface area contributed by atoms with Crippen molar-refractivity contribution in [3.05, 3.63) is 29.3 Å². The molecule has 15 heavy (non-hydrogen) atoms. The molecule has 0 unspecified atom stereocenters. The van der Waals surface area contributed by atoms with Gasteiger partial charge in [-0.3, -0.25) is 4.39 Å². The zero-order valence-corrected chi connectivity index (χ0v) is 10.2. The Balaban J connectivity index is 0.000000921. The Morgan fingerprint density at radius 2 is 1.27 bits per heavy atom. The summed E-state index contributed by atoms with van der Waals surface area (Å²) >= 11 is 0. The molecule has 1 rings (SSSR count). The molecule has 2 heteroatoms. The van der Waals surface area contributed by atoms with Crippen LogP contribution in [-0.4, -0.2) is 12.3 Å². The SMILES string of the molecule is CC(C)c1cccc(C(C)C)c1O.CF. The summed E-state index contributed by atoms with van der Waals surface area (Å²) in [6.07, 6.45) is 0. The number of halogens is 1. The minimum atomic E-state index is 0.388. The van der Waals surface area contributed by atoms with Crippen molar-refractivity contribution in [1.82, 2.24) is 0 Å². The van der Waals surface area contributed by atoms with E-state index >= 15 is 0 Å². The number of alkyl halides is 1. The second-order valence-corrected chi connectivity index (χ2v) is 4.09. The van der Waals surface area contributed by atoms with Gasteiger partial charge in [-0.05, 0) is 23.0 Å². The predicted octanol–water partition coefficient (Wildman–Crippen LogP) is 4.22. The number of rotatable bonds is 2. The highest BCUT2D eigenvalue weighted by Gasteiger charge is 2.11. The molecule has 0 aliphatic heterocycles. The van der Waals surface area contributed by atoms with E-state index in [2.05, 4.69) is 27.7 Å². The van der Waals surface area contributed by atoms with Gasteiger partial charge >= 0.3 is 0 Å². The van der Waals surface area contributed by atoms with Crippen LogP contribution in [0.5, 0.6) is 5.75 Å². The van der Waals surface area contributed by atoms with Crippen LogP contribution in [0, 0.1) is 0 Å². The van der Waals surface area contributed by atoms with Crippen LogP contribution >= 0.6 is 0 Å². The Bertz CT molecular complexity index is 266. The van der Waals surface area contributed by atoms with Crippen molar-refractivity contribution in [3.8, 4) is 5.75 Å². The molecular weight excluding hydrogens is 191 g/mol. The molecule has 0 saturated carbocycles. The number of phenolic OH excluding ortho intramolecular Hbond substituents is 1. The van der Waals surface area contributed by atoms with E-state index in [1.807, 2.05) is 18.2 Å². The van der Waals surface area contributed by atoms with Crippen molar-refractivity contribution >= 4 is 0 Å². The zero-order chi connectivity index (χ0) is 12.0. The Morgan fingerprint density at radius 3 is 1.53 bits per heavy atom. The summed E-state index contributed by atoms with van der Waals surface area (Å²) < 4.78 is 9.50. The van der Waals surface area contributed by atoms with Crippen molar-refractivity contribution in [3.63, 3.8) is 0 Å². The summed E-state index contributed by atoms with van der Waals surface area (Å²) in [5, 5.41) is 9.93. The summed E-state index contributed by atoms with van der Waals surface area (Å²) in [5.41, 5.74) is 2.09. The lowest BCUT2D eigenvalue weighted by atomic mass is 9.94. The molecule has 0 fully saturated rings. The molecular formula is C13H21FO. The fraction of sp³-hybridized carbons (Fsp3) is 0.538. The third kappa shape index (κ3) is 3.54. The maximum atomic E-state index is 9.93. The van der Waals surface area contributed by atoms with E-state index < -0.39 is 0 Å². The van der Waals surface area contributed by atoms with Crippen molar-refractivity contribution in [2.45, 2.75) is 39.5 Å². The Kier molecular flexibility index (Phi) is 5.99. The number of para-hydroxylation sites is 1. The topological polar surface area (TPSA) is 20.2 Å². The van der Waals surface area contributed by atoms with Gasteiger partial charge in [0.15, 0.2) is 0 Å². The fourth-order valence-corrected chi connectivity index (χ4v) is 1.51. The van der Waals surface area contributed by atoms with Gasteiger partial charge in [0.25, 0.3) is 0 Å². The molecule has 0 spiro atoms. The van der Waals surface area contributed by atoms with E-state index in [9.17, 15) is 9.50 Å². The van der Waals surface area contributed by atoms with Crippen LogP contribution in [0.15, 0.2) is 18.2 Å². The second-order valence-electron chi connectivity index (χ2n) is 4.09. The smallest absolute Gasteiger partial charge is 0.122 e. The first-order valence-corrected chi connectivity index (χ1v) is 5.23. The largest absolute Gasteiger partial charge is 0.507 e. The van der Waals surface area contributed by atoms with Gasteiger partial charge in [0, 0.05) is 0 Å². The molecule has 0 atom stereocenters. The molecule has 0 aliphatic carbocycles. The Morgan fingerprint density at radius 1 is 0.933 bits per heavy atom. The normalized spacial score (nSPS) is 10.1. The van der Waals surface area contributed by atoms with Crippen LogP contribution in [0.25, 0.3) is 0 Å². The summed E-state index contributed by atoms with van der Waals surface area (Å²) in [7, 11) is 0.500. The fourth-order valence-electron chi connectivity index (χ4n) is 1.51. The van der Waals surface area contributed by atoms with Crippen molar-refractivity contribution in [1.29, 1.82) is 0 Å². The van der Waals surface area contributed by atoms with Gasteiger partial charge in [-0.25, -0.2) is 0 Å². The number of aromatic hydroxyl groups is 1. The summed E-state index contributed by atoms with van der Waals surface area (Å²) in [6.45, 7) is 8.39. The minimum absolute atomic E-state index is 0.388. The van der Waals surface area contributed by atoms with Gasteiger partial charge in [0.2, 0.25) is 0 Å². The maximum Gasteiger partial charge on any atom is 0.122 e. The molecule has 0 aromatic heterocycles. The molecule has 1 nitrogen and oxygen atoms in total. The van der Waals surface area contributed by atoms with Crippen molar-refractivity contribution in [2.75, 3.05) is 7.18 Å². The van der Waals surface area contributed by atoms with E-state index in [0.29, 0.717) is 24.8 Å². The van der Waals surface area contributed by atoms with Gasteiger partial charge in [0.05, 0.1) is 7.18 Å². The van der Waals surface area contributed by atoms with Crippen LogP contribution in [0.2, 0.25) is 0 Å².